The molecule has 0 N–H and O–H groups in total. The van der Waals surface area contributed by atoms with E-state index in [2.05, 4.69) is 30.9 Å². The normalized spacial score (nSPS) is 16.1. The third-order valence-corrected chi connectivity index (χ3v) is 9.08. The number of carbonyl (C=O) groups is 2. The van der Waals surface area contributed by atoms with Gasteiger partial charge in [-0.2, -0.15) is 0 Å². The molecule has 0 aliphatic carbocycles. The van der Waals surface area contributed by atoms with Crippen LogP contribution in [0.4, 0.5) is 11.4 Å². The summed E-state index contributed by atoms with van der Waals surface area (Å²) in [7, 11) is 0. The molecular weight excluding hydrogens is 562 g/mol. The van der Waals surface area contributed by atoms with E-state index in [4.69, 9.17) is 11.6 Å². The highest BCUT2D eigenvalue weighted by Gasteiger charge is 2.31. The van der Waals surface area contributed by atoms with Gasteiger partial charge >= 0.3 is 0 Å². The molecular formula is C35H32ClN3O2S. The Morgan fingerprint density at radius 2 is 1.64 bits per heavy atom. The SMILES string of the molecule is Cc1cccc(CN2C(=O)C(=Cc3ccccc3)Sc3ccc(C(=O)N4CCN(c5cc(Cl)ccc5C)CC4)cc32)c1. The summed E-state index contributed by atoms with van der Waals surface area (Å²) < 4.78 is 0. The highest BCUT2D eigenvalue weighted by Crippen LogP contribution is 2.43. The van der Waals surface area contributed by atoms with Crippen molar-refractivity contribution in [3.05, 3.63) is 129 Å². The van der Waals surface area contributed by atoms with Crippen LogP contribution >= 0.6 is 23.4 Å². The van der Waals surface area contributed by atoms with Gasteiger partial charge in [-0.1, -0.05) is 89.6 Å². The van der Waals surface area contributed by atoms with Crippen LogP contribution in [0.2, 0.25) is 5.02 Å². The van der Waals surface area contributed by atoms with E-state index in [9.17, 15) is 9.59 Å². The molecule has 5 nitrogen and oxygen atoms in total. The molecule has 6 rings (SSSR count). The minimum atomic E-state index is -0.0621. The first-order valence-corrected chi connectivity index (χ1v) is 15.3. The van der Waals surface area contributed by atoms with Crippen LogP contribution in [-0.2, 0) is 11.3 Å². The summed E-state index contributed by atoms with van der Waals surface area (Å²) in [6, 6.07) is 29.8. The van der Waals surface area contributed by atoms with Crippen LogP contribution in [0.25, 0.3) is 6.08 Å². The Labute approximate surface area is 256 Å². The number of carbonyl (C=O) groups excluding carboxylic acids is 2. The lowest BCUT2D eigenvalue weighted by Gasteiger charge is -2.37. The van der Waals surface area contributed by atoms with Crippen molar-refractivity contribution in [2.45, 2.75) is 25.3 Å². The zero-order valence-corrected chi connectivity index (χ0v) is 25.3. The molecule has 4 aromatic carbocycles. The molecule has 2 amide bonds. The number of fused-ring (bicyclic) bond motifs is 1. The Hall–Kier alpha value is -4.00. The van der Waals surface area contributed by atoms with E-state index in [0.717, 1.165) is 46.1 Å². The Morgan fingerprint density at radius 1 is 0.857 bits per heavy atom. The fourth-order valence-corrected chi connectivity index (χ4v) is 6.76. The van der Waals surface area contributed by atoms with Gasteiger partial charge in [-0.25, -0.2) is 0 Å². The monoisotopic (exact) mass is 593 g/mol. The largest absolute Gasteiger partial charge is 0.368 e. The van der Waals surface area contributed by atoms with Gasteiger partial charge in [0.2, 0.25) is 0 Å². The maximum Gasteiger partial charge on any atom is 0.265 e. The average molecular weight is 594 g/mol. The zero-order chi connectivity index (χ0) is 29.2. The van der Waals surface area contributed by atoms with E-state index in [1.54, 1.807) is 0 Å². The van der Waals surface area contributed by atoms with Gasteiger partial charge in [0, 0.05) is 47.3 Å². The second-order valence-corrected chi connectivity index (χ2v) is 12.3. The van der Waals surface area contributed by atoms with Gasteiger partial charge in [0.05, 0.1) is 17.1 Å². The topological polar surface area (TPSA) is 43.9 Å². The molecule has 42 heavy (non-hydrogen) atoms. The molecule has 0 aromatic heterocycles. The van der Waals surface area contributed by atoms with Crippen LogP contribution in [0.1, 0.15) is 32.6 Å². The summed E-state index contributed by atoms with van der Waals surface area (Å²) in [6.45, 7) is 7.27. The van der Waals surface area contributed by atoms with Gasteiger partial charge < -0.3 is 14.7 Å². The van der Waals surface area contributed by atoms with Crippen LogP contribution < -0.4 is 9.80 Å². The average Bonchev–Trinajstić information content (AvgIpc) is 3.00. The van der Waals surface area contributed by atoms with Gasteiger partial charge in [0.15, 0.2) is 0 Å². The van der Waals surface area contributed by atoms with Gasteiger partial charge in [-0.15, -0.1) is 0 Å². The minimum Gasteiger partial charge on any atom is -0.368 e. The predicted octanol–water partition coefficient (Wildman–Crippen LogP) is 7.60. The van der Waals surface area contributed by atoms with E-state index < -0.39 is 0 Å². The standard InChI is InChI=1S/C35H32ClN3O2S/c1-24-7-6-10-27(19-24)23-39-31-21-28(12-14-32(31)42-33(35(39)41)20-26-8-4-3-5-9-26)34(40)38-17-15-37(16-18-38)30-22-29(36)13-11-25(30)2/h3-14,19-22H,15-18,23H2,1-2H3. The lowest BCUT2D eigenvalue weighted by atomic mass is 10.1. The summed E-state index contributed by atoms with van der Waals surface area (Å²) >= 11 is 7.72. The third kappa shape index (κ3) is 5.96. The molecule has 2 aliphatic rings. The Balaban J connectivity index is 1.27. The third-order valence-electron chi connectivity index (χ3n) is 7.77. The molecule has 0 bridgehead atoms. The van der Waals surface area contributed by atoms with Gasteiger partial charge in [0.25, 0.3) is 11.8 Å². The quantitative estimate of drug-likeness (QED) is 0.224. The molecule has 1 saturated heterocycles. The van der Waals surface area contributed by atoms with Crippen molar-refractivity contribution in [1.82, 2.24) is 4.90 Å². The Kier molecular flexibility index (Phi) is 8.09. The smallest absolute Gasteiger partial charge is 0.265 e. The molecule has 4 aromatic rings. The number of nitrogens with zero attached hydrogens (tertiary/aromatic N) is 3. The number of halogens is 1. The predicted molar refractivity (Wildman–Crippen MR) is 173 cm³/mol. The van der Waals surface area contributed by atoms with E-state index in [-0.39, 0.29) is 11.8 Å². The summed E-state index contributed by atoms with van der Waals surface area (Å²) in [4.78, 5) is 35.2. The van der Waals surface area contributed by atoms with Gasteiger partial charge in [0.1, 0.15) is 0 Å². The van der Waals surface area contributed by atoms with Crippen molar-refractivity contribution >= 4 is 52.6 Å². The number of piperazine rings is 1. The first-order chi connectivity index (χ1) is 20.4. The van der Waals surface area contributed by atoms with Gasteiger partial charge in [-0.3, -0.25) is 9.59 Å². The summed E-state index contributed by atoms with van der Waals surface area (Å²) in [5.74, 6) is -0.0770. The molecule has 0 atom stereocenters. The number of thioether (sulfide) groups is 1. The number of anilines is 2. The fourth-order valence-electron chi connectivity index (χ4n) is 5.55. The number of hydrogen-bond acceptors (Lipinski definition) is 4. The lowest BCUT2D eigenvalue weighted by molar-refractivity contribution is -0.114. The molecule has 1 fully saturated rings. The Bertz CT molecular complexity index is 1680. The Morgan fingerprint density at radius 3 is 2.40 bits per heavy atom. The van der Waals surface area contributed by atoms with Crippen molar-refractivity contribution < 1.29 is 9.59 Å². The van der Waals surface area contributed by atoms with E-state index in [0.29, 0.717) is 35.1 Å². The van der Waals surface area contributed by atoms with Crippen LogP contribution in [0.3, 0.4) is 0 Å². The van der Waals surface area contributed by atoms with E-state index >= 15 is 0 Å². The maximum atomic E-state index is 13.9. The number of aryl methyl sites for hydroxylation is 2. The molecule has 0 unspecified atom stereocenters. The minimum absolute atomic E-state index is 0.0150. The lowest BCUT2D eigenvalue weighted by Crippen LogP contribution is -2.49. The van der Waals surface area contributed by atoms with Crippen LogP contribution in [0.15, 0.2) is 101 Å². The highest BCUT2D eigenvalue weighted by atomic mass is 35.5. The molecule has 7 heteroatoms. The maximum absolute atomic E-state index is 13.9. The molecule has 212 valence electrons. The van der Waals surface area contributed by atoms with E-state index in [1.165, 1.54) is 17.3 Å². The van der Waals surface area contributed by atoms with Crippen molar-refractivity contribution in [1.29, 1.82) is 0 Å². The van der Waals surface area contributed by atoms with E-state index in [1.807, 2.05) is 94.7 Å². The van der Waals surface area contributed by atoms with Gasteiger partial charge in [-0.05, 0) is 66.9 Å². The van der Waals surface area contributed by atoms with Crippen LogP contribution in [-0.4, -0.2) is 42.9 Å². The zero-order valence-electron chi connectivity index (χ0n) is 23.7. The second-order valence-electron chi connectivity index (χ2n) is 10.8. The summed E-state index contributed by atoms with van der Waals surface area (Å²) in [5, 5.41) is 0.715. The molecule has 0 radical (unpaired) electrons. The first-order valence-electron chi connectivity index (χ1n) is 14.1. The fraction of sp³-hybridized carbons (Fsp3) is 0.200. The highest BCUT2D eigenvalue weighted by molar-refractivity contribution is 8.04. The number of rotatable bonds is 5. The van der Waals surface area contributed by atoms with Crippen molar-refractivity contribution in [2.24, 2.45) is 0 Å². The number of hydrogen-bond donors (Lipinski definition) is 0. The summed E-state index contributed by atoms with van der Waals surface area (Å²) in [5.41, 5.74) is 6.82. The van der Waals surface area contributed by atoms with Crippen LogP contribution in [0.5, 0.6) is 0 Å². The van der Waals surface area contributed by atoms with Crippen molar-refractivity contribution in [3.63, 3.8) is 0 Å². The number of benzene rings is 4. The number of amides is 2. The molecule has 2 heterocycles. The summed E-state index contributed by atoms with van der Waals surface area (Å²) in [6.07, 6.45) is 1.94. The first kappa shape index (κ1) is 28.1. The molecule has 2 aliphatic heterocycles. The second kappa shape index (κ2) is 12.1. The molecule has 0 saturated carbocycles. The molecule has 0 spiro atoms. The van der Waals surface area contributed by atoms with Crippen molar-refractivity contribution in [2.75, 3.05) is 36.0 Å². The van der Waals surface area contributed by atoms with Crippen molar-refractivity contribution in [3.8, 4) is 0 Å². The van der Waals surface area contributed by atoms with Crippen LogP contribution in [0, 0.1) is 13.8 Å².